The summed E-state index contributed by atoms with van der Waals surface area (Å²) in [7, 11) is 0. The number of anilines is 1. The van der Waals surface area contributed by atoms with Gasteiger partial charge in [0.15, 0.2) is 6.61 Å². The standard InChI is InChI=1S/C14H10Cl2N2O4/c15-9-1-6-12(16)13(7-9)17-14(19)8-22-11-4-2-10(3-5-11)18(20)21/h1-7H,8H2,(H,17,19). The average Bonchev–Trinajstić information content (AvgIpc) is 2.49. The number of halogens is 2. The minimum absolute atomic E-state index is 0.0532. The number of nitro groups is 1. The van der Waals surface area contributed by atoms with Crippen molar-refractivity contribution < 1.29 is 14.5 Å². The molecular formula is C14H10Cl2N2O4. The molecular weight excluding hydrogens is 331 g/mol. The SMILES string of the molecule is O=C(COc1ccc([N+](=O)[O-])cc1)Nc1cc(Cl)ccc1Cl. The molecule has 0 unspecified atom stereocenters. The lowest BCUT2D eigenvalue weighted by atomic mass is 10.3. The Morgan fingerprint density at radius 2 is 1.86 bits per heavy atom. The van der Waals surface area contributed by atoms with E-state index in [1.54, 1.807) is 12.1 Å². The van der Waals surface area contributed by atoms with Crippen LogP contribution in [0.15, 0.2) is 42.5 Å². The average molecular weight is 341 g/mol. The van der Waals surface area contributed by atoms with E-state index in [-0.39, 0.29) is 12.3 Å². The molecule has 2 rings (SSSR count). The Kier molecular flexibility index (Phi) is 5.19. The van der Waals surface area contributed by atoms with E-state index in [4.69, 9.17) is 27.9 Å². The van der Waals surface area contributed by atoms with Crippen LogP contribution < -0.4 is 10.1 Å². The summed E-state index contributed by atoms with van der Waals surface area (Å²) in [4.78, 5) is 21.8. The minimum Gasteiger partial charge on any atom is -0.484 e. The van der Waals surface area contributed by atoms with Gasteiger partial charge in [0.05, 0.1) is 15.6 Å². The van der Waals surface area contributed by atoms with Crippen molar-refractivity contribution in [1.29, 1.82) is 0 Å². The largest absolute Gasteiger partial charge is 0.484 e. The van der Waals surface area contributed by atoms with Gasteiger partial charge in [0.1, 0.15) is 5.75 Å². The van der Waals surface area contributed by atoms with Gasteiger partial charge in [0, 0.05) is 17.2 Å². The van der Waals surface area contributed by atoms with E-state index in [1.165, 1.54) is 30.3 Å². The van der Waals surface area contributed by atoms with Crippen molar-refractivity contribution in [3.8, 4) is 5.75 Å². The Labute approximate surface area is 135 Å². The molecule has 0 saturated carbocycles. The molecule has 0 aliphatic heterocycles. The number of ether oxygens (including phenoxy) is 1. The second-order valence-corrected chi connectivity index (χ2v) is 5.06. The van der Waals surface area contributed by atoms with Crippen LogP contribution in [0.2, 0.25) is 10.0 Å². The Morgan fingerprint density at radius 1 is 1.18 bits per heavy atom. The van der Waals surface area contributed by atoms with Gasteiger partial charge in [-0.15, -0.1) is 0 Å². The fourth-order valence-electron chi connectivity index (χ4n) is 1.59. The second-order valence-electron chi connectivity index (χ2n) is 4.21. The Balaban J connectivity index is 1.92. The van der Waals surface area contributed by atoms with Gasteiger partial charge < -0.3 is 10.1 Å². The van der Waals surface area contributed by atoms with Crippen LogP contribution in [-0.4, -0.2) is 17.4 Å². The summed E-state index contributed by atoms with van der Waals surface area (Å²) in [5.74, 6) is -0.0829. The maximum atomic E-state index is 11.8. The predicted octanol–water partition coefficient (Wildman–Crippen LogP) is 3.92. The monoisotopic (exact) mass is 340 g/mol. The van der Waals surface area contributed by atoms with Crippen LogP contribution in [0.5, 0.6) is 5.75 Å². The van der Waals surface area contributed by atoms with E-state index in [0.29, 0.717) is 21.5 Å². The molecule has 0 aliphatic rings. The van der Waals surface area contributed by atoms with Crippen molar-refractivity contribution in [3.05, 3.63) is 62.6 Å². The van der Waals surface area contributed by atoms with Gasteiger partial charge in [0.25, 0.3) is 11.6 Å². The number of nitro benzene ring substituents is 1. The Hall–Kier alpha value is -2.31. The lowest BCUT2D eigenvalue weighted by Gasteiger charge is -2.09. The van der Waals surface area contributed by atoms with Gasteiger partial charge in [-0.2, -0.15) is 0 Å². The molecule has 2 aromatic carbocycles. The van der Waals surface area contributed by atoms with Gasteiger partial charge in [-0.05, 0) is 30.3 Å². The number of hydrogen-bond donors (Lipinski definition) is 1. The number of rotatable bonds is 5. The molecule has 8 heteroatoms. The maximum Gasteiger partial charge on any atom is 0.269 e. The minimum atomic E-state index is -0.516. The number of nitrogens with one attached hydrogen (secondary N) is 1. The summed E-state index contributed by atoms with van der Waals surface area (Å²) >= 11 is 11.7. The first-order chi connectivity index (χ1) is 10.5. The number of carbonyl (C=O) groups is 1. The summed E-state index contributed by atoms with van der Waals surface area (Å²) < 4.78 is 5.23. The van der Waals surface area contributed by atoms with Gasteiger partial charge in [-0.3, -0.25) is 14.9 Å². The molecule has 0 aliphatic carbocycles. The number of nitrogens with zero attached hydrogens (tertiary/aromatic N) is 1. The smallest absolute Gasteiger partial charge is 0.269 e. The summed E-state index contributed by atoms with van der Waals surface area (Å²) in [6, 6.07) is 10.1. The molecule has 0 fully saturated rings. The summed E-state index contributed by atoms with van der Waals surface area (Å²) in [6.07, 6.45) is 0. The second kappa shape index (κ2) is 7.11. The van der Waals surface area contributed by atoms with Gasteiger partial charge in [0.2, 0.25) is 0 Å². The van der Waals surface area contributed by atoms with Crippen LogP contribution in [0, 0.1) is 10.1 Å². The third kappa shape index (κ3) is 4.34. The van der Waals surface area contributed by atoms with Gasteiger partial charge >= 0.3 is 0 Å². The molecule has 0 saturated heterocycles. The first-order valence-electron chi connectivity index (χ1n) is 6.08. The quantitative estimate of drug-likeness (QED) is 0.660. The molecule has 0 spiro atoms. The topological polar surface area (TPSA) is 81.5 Å². The molecule has 1 amide bonds. The molecule has 6 nitrogen and oxygen atoms in total. The number of non-ortho nitro benzene ring substituents is 1. The van der Waals surface area contributed by atoms with Crippen molar-refractivity contribution in [2.24, 2.45) is 0 Å². The van der Waals surface area contributed by atoms with Crippen LogP contribution in [0.3, 0.4) is 0 Å². The first-order valence-corrected chi connectivity index (χ1v) is 6.83. The number of amides is 1. The van der Waals surface area contributed by atoms with Crippen molar-refractivity contribution in [2.45, 2.75) is 0 Å². The highest BCUT2D eigenvalue weighted by molar-refractivity contribution is 6.35. The van der Waals surface area contributed by atoms with Crippen molar-refractivity contribution in [3.63, 3.8) is 0 Å². The highest BCUT2D eigenvalue weighted by atomic mass is 35.5. The van der Waals surface area contributed by atoms with E-state index < -0.39 is 10.8 Å². The highest BCUT2D eigenvalue weighted by Crippen LogP contribution is 2.25. The Bertz CT molecular complexity index is 704. The maximum absolute atomic E-state index is 11.8. The zero-order valence-electron chi connectivity index (χ0n) is 11.1. The Morgan fingerprint density at radius 3 is 2.50 bits per heavy atom. The fourth-order valence-corrected chi connectivity index (χ4v) is 1.93. The van der Waals surface area contributed by atoms with Crippen LogP contribution in [0.4, 0.5) is 11.4 Å². The zero-order valence-corrected chi connectivity index (χ0v) is 12.6. The summed E-state index contributed by atoms with van der Waals surface area (Å²) in [5.41, 5.74) is 0.328. The first kappa shape index (κ1) is 16.1. The van der Waals surface area contributed by atoms with E-state index in [1.807, 2.05) is 0 Å². The third-order valence-electron chi connectivity index (χ3n) is 2.62. The fraction of sp³-hybridized carbons (Fsp3) is 0.0714. The molecule has 0 bridgehead atoms. The predicted molar refractivity (Wildman–Crippen MR) is 83.7 cm³/mol. The highest BCUT2D eigenvalue weighted by Gasteiger charge is 2.09. The van der Waals surface area contributed by atoms with E-state index in [2.05, 4.69) is 5.32 Å². The van der Waals surface area contributed by atoms with E-state index in [0.717, 1.165) is 0 Å². The number of carbonyl (C=O) groups excluding carboxylic acids is 1. The van der Waals surface area contributed by atoms with Crippen molar-refractivity contribution in [2.75, 3.05) is 11.9 Å². The van der Waals surface area contributed by atoms with Crippen LogP contribution in [-0.2, 0) is 4.79 Å². The van der Waals surface area contributed by atoms with Gasteiger partial charge in [-0.25, -0.2) is 0 Å². The molecule has 0 aromatic heterocycles. The van der Waals surface area contributed by atoms with Crippen molar-refractivity contribution >= 4 is 40.5 Å². The van der Waals surface area contributed by atoms with Gasteiger partial charge in [-0.1, -0.05) is 23.2 Å². The van der Waals surface area contributed by atoms with Crippen molar-refractivity contribution in [1.82, 2.24) is 0 Å². The molecule has 0 heterocycles. The molecule has 1 N–H and O–H groups in total. The molecule has 114 valence electrons. The lowest BCUT2D eigenvalue weighted by molar-refractivity contribution is -0.384. The normalized spacial score (nSPS) is 10.1. The number of hydrogen-bond acceptors (Lipinski definition) is 4. The van der Waals surface area contributed by atoms with Crippen LogP contribution >= 0.6 is 23.2 Å². The lowest BCUT2D eigenvalue weighted by Crippen LogP contribution is -2.20. The molecule has 22 heavy (non-hydrogen) atoms. The van der Waals surface area contributed by atoms with E-state index >= 15 is 0 Å². The molecule has 0 atom stereocenters. The summed E-state index contributed by atoms with van der Waals surface area (Å²) in [6.45, 7) is -0.263. The number of benzene rings is 2. The third-order valence-corrected chi connectivity index (χ3v) is 3.18. The molecule has 2 aromatic rings. The summed E-state index contributed by atoms with van der Waals surface area (Å²) in [5, 5.41) is 13.9. The zero-order chi connectivity index (χ0) is 16.1. The molecule has 0 radical (unpaired) electrons. The van der Waals surface area contributed by atoms with E-state index in [9.17, 15) is 14.9 Å². The van der Waals surface area contributed by atoms with Crippen LogP contribution in [0.25, 0.3) is 0 Å². The van der Waals surface area contributed by atoms with Crippen LogP contribution in [0.1, 0.15) is 0 Å².